The molecule has 0 bridgehead atoms. The molecule has 0 nitrogen and oxygen atoms in total. The third kappa shape index (κ3) is 4.99. The highest BCUT2D eigenvalue weighted by Crippen LogP contribution is 2.29. The predicted octanol–water partition coefficient (Wildman–Crippen LogP) is 5.29. The molecule has 0 saturated carbocycles. The molecule has 0 amide bonds. The Morgan fingerprint density at radius 1 is 0.750 bits per heavy atom. The van der Waals surface area contributed by atoms with Crippen molar-refractivity contribution in [3.63, 3.8) is 0 Å². The fourth-order valence-corrected chi connectivity index (χ4v) is 1.42. The highest BCUT2D eigenvalue weighted by Gasteiger charge is 2.29. The summed E-state index contributed by atoms with van der Waals surface area (Å²) < 4.78 is 60.2. The quantitative estimate of drug-likeness (QED) is 0.578. The molecule has 0 aromatic heterocycles. The second-order valence-corrected chi connectivity index (χ2v) is 4.28. The molecule has 0 unspecified atom stereocenters. The first-order valence-electron chi connectivity index (χ1n) is 5.75. The average molecular weight is 288 g/mol. The van der Waals surface area contributed by atoms with Gasteiger partial charge in [-0.1, -0.05) is 29.8 Å². The maximum Gasteiger partial charge on any atom is 0.416 e. The lowest BCUT2D eigenvalue weighted by Gasteiger charge is -2.05. The molecular formula is C15H13F5. The third-order valence-corrected chi connectivity index (χ3v) is 2.42. The summed E-state index contributed by atoms with van der Waals surface area (Å²) in [5.41, 5.74) is 0.770. The summed E-state index contributed by atoms with van der Waals surface area (Å²) in [7, 11) is 0. The van der Waals surface area contributed by atoms with E-state index < -0.39 is 23.4 Å². The molecule has 0 aliphatic heterocycles. The molecule has 0 atom stereocenters. The summed E-state index contributed by atoms with van der Waals surface area (Å²) in [5, 5.41) is 0. The van der Waals surface area contributed by atoms with Crippen LogP contribution < -0.4 is 0 Å². The lowest BCUT2D eigenvalue weighted by atomic mass is 10.1. The van der Waals surface area contributed by atoms with Crippen molar-refractivity contribution in [2.24, 2.45) is 0 Å². The van der Waals surface area contributed by atoms with Gasteiger partial charge in [-0.25, -0.2) is 8.78 Å². The molecule has 0 aliphatic rings. The largest absolute Gasteiger partial charge is 0.416 e. The lowest BCUT2D eigenvalue weighted by Crippen LogP contribution is -2.04. The van der Waals surface area contributed by atoms with E-state index in [4.69, 9.17) is 0 Å². The maximum atomic E-state index is 12.2. The van der Waals surface area contributed by atoms with Crippen molar-refractivity contribution < 1.29 is 22.0 Å². The summed E-state index contributed by atoms with van der Waals surface area (Å²) >= 11 is 0. The van der Waals surface area contributed by atoms with Crippen LogP contribution in [-0.4, -0.2) is 0 Å². The van der Waals surface area contributed by atoms with Crippen LogP contribution in [0.25, 0.3) is 0 Å². The van der Waals surface area contributed by atoms with Crippen LogP contribution in [0.5, 0.6) is 0 Å². The van der Waals surface area contributed by atoms with Gasteiger partial charge in [0.1, 0.15) is 0 Å². The van der Waals surface area contributed by atoms with E-state index in [9.17, 15) is 22.0 Å². The van der Waals surface area contributed by atoms with Gasteiger partial charge in [0.25, 0.3) is 0 Å². The van der Waals surface area contributed by atoms with Gasteiger partial charge >= 0.3 is 6.18 Å². The molecule has 20 heavy (non-hydrogen) atoms. The van der Waals surface area contributed by atoms with Crippen molar-refractivity contribution >= 4 is 0 Å². The molecule has 0 radical (unpaired) electrons. The second kappa shape index (κ2) is 6.50. The fourth-order valence-electron chi connectivity index (χ4n) is 1.42. The van der Waals surface area contributed by atoms with E-state index in [1.54, 1.807) is 19.9 Å². The minimum absolute atomic E-state index is 0.586. The molecule has 0 spiro atoms. The van der Waals surface area contributed by atoms with Gasteiger partial charge in [-0.3, -0.25) is 0 Å². The van der Waals surface area contributed by atoms with E-state index in [1.165, 1.54) is 12.1 Å². The Kier molecular flexibility index (Phi) is 5.25. The van der Waals surface area contributed by atoms with Crippen LogP contribution in [-0.2, 0) is 6.18 Å². The van der Waals surface area contributed by atoms with Gasteiger partial charge in [-0.05, 0) is 37.6 Å². The normalized spacial score (nSPS) is 10.8. The van der Waals surface area contributed by atoms with E-state index in [2.05, 4.69) is 0 Å². The Balaban J connectivity index is 0.000000204. The van der Waals surface area contributed by atoms with Gasteiger partial charge in [0.05, 0.1) is 5.56 Å². The average Bonchev–Trinajstić information content (AvgIpc) is 2.34. The first-order chi connectivity index (χ1) is 9.20. The van der Waals surface area contributed by atoms with Crippen molar-refractivity contribution in [2.45, 2.75) is 20.0 Å². The maximum absolute atomic E-state index is 12.2. The monoisotopic (exact) mass is 288 g/mol. The molecule has 5 heteroatoms. The molecular weight excluding hydrogens is 275 g/mol. The molecule has 0 fully saturated rings. The molecule has 2 aromatic carbocycles. The van der Waals surface area contributed by atoms with Crippen LogP contribution in [0, 0.1) is 25.5 Å². The third-order valence-electron chi connectivity index (χ3n) is 2.42. The molecule has 0 N–H and O–H groups in total. The number of rotatable bonds is 0. The fraction of sp³-hybridized carbons (Fsp3) is 0.200. The highest BCUT2D eigenvalue weighted by molar-refractivity contribution is 5.24. The zero-order valence-electron chi connectivity index (χ0n) is 10.9. The Morgan fingerprint density at radius 3 is 1.75 bits per heavy atom. The van der Waals surface area contributed by atoms with Crippen molar-refractivity contribution in [1.82, 2.24) is 0 Å². The van der Waals surface area contributed by atoms with Crippen molar-refractivity contribution in [2.75, 3.05) is 0 Å². The van der Waals surface area contributed by atoms with E-state index >= 15 is 0 Å². The summed E-state index contributed by atoms with van der Waals surface area (Å²) in [6.07, 6.45) is -4.22. The Hall–Kier alpha value is -1.91. The van der Waals surface area contributed by atoms with Gasteiger partial charge in [0.2, 0.25) is 0 Å². The molecule has 0 heterocycles. The van der Waals surface area contributed by atoms with Gasteiger partial charge in [-0.2, -0.15) is 13.2 Å². The van der Waals surface area contributed by atoms with Gasteiger partial charge < -0.3 is 0 Å². The second-order valence-electron chi connectivity index (χ2n) is 4.28. The van der Waals surface area contributed by atoms with Gasteiger partial charge in [-0.15, -0.1) is 0 Å². The molecule has 2 aromatic rings. The summed E-state index contributed by atoms with van der Waals surface area (Å²) in [6, 6.07) is 9.03. The number of halogens is 5. The molecule has 108 valence electrons. The Bertz CT molecular complexity index is 573. The van der Waals surface area contributed by atoms with E-state index in [1.807, 2.05) is 0 Å². The number of benzene rings is 2. The van der Waals surface area contributed by atoms with Crippen molar-refractivity contribution in [1.29, 1.82) is 0 Å². The van der Waals surface area contributed by atoms with Crippen molar-refractivity contribution in [3.8, 4) is 0 Å². The van der Waals surface area contributed by atoms with Crippen LogP contribution in [0.3, 0.4) is 0 Å². The van der Waals surface area contributed by atoms with Crippen LogP contribution in [0.15, 0.2) is 42.5 Å². The van der Waals surface area contributed by atoms with Gasteiger partial charge in [0.15, 0.2) is 11.6 Å². The first-order valence-corrected chi connectivity index (χ1v) is 5.75. The SMILES string of the molecule is Cc1ccc(F)c(F)c1.Cc1cccc(C(F)(F)F)c1. The molecule has 0 saturated heterocycles. The van der Waals surface area contributed by atoms with Crippen LogP contribution >= 0.6 is 0 Å². The molecule has 2 rings (SSSR count). The zero-order valence-corrected chi connectivity index (χ0v) is 10.9. The first kappa shape index (κ1) is 16.1. The van der Waals surface area contributed by atoms with Crippen molar-refractivity contribution in [3.05, 3.63) is 70.8 Å². The minimum Gasteiger partial charge on any atom is -0.204 e. The summed E-state index contributed by atoms with van der Waals surface area (Å²) in [5.74, 6) is -1.57. The zero-order chi connectivity index (χ0) is 15.3. The molecule has 0 aliphatic carbocycles. The van der Waals surface area contributed by atoms with E-state index in [-0.39, 0.29) is 0 Å². The van der Waals surface area contributed by atoms with Crippen LogP contribution in [0.1, 0.15) is 16.7 Å². The summed E-state index contributed by atoms with van der Waals surface area (Å²) in [4.78, 5) is 0. The Morgan fingerprint density at radius 2 is 1.35 bits per heavy atom. The number of aryl methyl sites for hydroxylation is 2. The number of hydrogen-bond acceptors (Lipinski definition) is 0. The summed E-state index contributed by atoms with van der Waals surface area (Å²) in [6.45, 7) is 3.34. The smallest absolute Gasteiger partial charge is 0.204 e. The van der Waals surface area contributed by atoms with Crippen LogP contribution in [0.4, 0.5) is 22.0 Å². The van der Waals surface area contributed by atoms with E-state index in [0.717, 1.165) is 29.8 Å². The Labute approximate surface area is 113 Å². The van der Waals surface area contributed by atoms with Crippen LogP contribution in [0.2, 0.25) is 0 Å². The number of hydrogen-bond donors (Lipinski definition) is 0. The highest BCUT2D eigenvalue weighted by atomic mass is 19.4. The lowest BCUT2D eigenvalue weighted by molar-refractivity contribution is -0.137. The number of alkyl halides is 3. The predicted molar refractivity (Wildman–Crippen MR) is 67.3 cm³/mol. The minimum atomic E-state index is -4.22. The topological polar surface area (TPSA) is 0 Å². The van der Waals surface area contributed by atoms with Gasteiger partial charge in [0, 0.05) is 0 Å². The van der Waals surface area contributed by atoms with E-state index in [0.29, 0.717) is 5.56 Å². The standard InChI is InChI=1S/C8H7F3.C7H6F2/c1-6-3-2-4-7(5-6)8(9,10)11;1-5-2-3-6(8)7(9)4-5/h2-5H,1H3;2-4H,1H3.